The predicted octanol–water partition coefficient (Wildman–Crippen LogP) is 10.4. The summed E-state index contributed by atoms with van der Waals surface area (Å²) in [5.41, 5.74) is 7.70. The fraction of sp³-hybridized carbons (Fsp3) is 0.108. The summed E-state index contributed by atoms with van der Waals surface area (Å²) in [6.45, 7) is 6.80. The molecule has 7 rings (SSSR count). The topological polar surface area (TPSA) is 38.1 Å². The molecule has 2 heterocycles. The minimum absolute atomic E-state index is 0.000108. The van der Waals surface area contributed by atoms with Crippen LogP contribution >= 0.6 is 11.3 Å². The molecule has 0 unspecified atom stereocenters. The van der Waals surface area contributed by atoms with E-state index in [-0.39, 0.29) is 5.41 Å². The van der Waals surface area contributed by atoms with E-state index in [9.17, 15) is 0 Å². The first kappa shape index (κ1) is 25.3. The summed E-state index contributed by atoms with van der Waals surface area (Å²) in [6.07, 6.45) is 5.77. The molecule has 0 aliphatic carbocycles. The zero-order valence-electron chi connectivity index (χ0n) is 23.3. The van der Waals surface area contributed by atoms with E-state index >= 15 is 0 Å². The van der Waals surface area contributed by atoms with Crippen LogP contribution in [0.15, 0.2) is 121 Å². The first-order valence-corrected chi connectivity index (χ1v) is 14.7. The maximum absolute atomic E-state index is 5.28. The van der Waals surface area contributed by atoms with Crippen LogP contribution < -0.4 is 0 Å². The van der Waals surface area contributed by atoms with Gasteiger partial charge in [0.05, 0.1) is 15.9 Å². The van der Waals surface area contributed by atoms with Crippen molar-refractivity contribution in [3.8, 4) is 21.7 Å². The first-order chi connectivity index (χ1) is 20.0. The lowest BCUT2D eigenvalue weighted by molar-refractivity contribution is 0.591. The molecular weight excluding hydrogens is 518 g/mol. The van der Waals surface area contributed by atoms with Crippen LogP contribution in [0.25, 0.3) is 53.5 Å². The molecular formula is C37H29N3S. The van der Waals surface area contributed by atoms with Gasteiger partial charge in [-0.15, -0.1) is 11.3 Å². The molecule has 7 aromatic rings. The number of hydrogen-bond acceptors (Lipinski definition) is 4. The quantitative estimate of drug-likeness (QED) is 0.206. The lowest BCUT2D eigenvalue weighted by Gasteiger charge is -2.20. The van der Waals surface area contributed by atoms with Gasteiger partial charge in [-0.2, -0.15) is 0 Å². The Morgan fingerprint density at radius 3 is 2.37 bits per heavy atom. The molecule has 0 N–H and O–H groups in total. The molecule has 0 aliphatic heterocycles. The average molecular weight is 548 g/mol. The molecule has 0 aliphatic rings. The first-order valence-electron chi connectivity index (χ1n) is 13.9. The molecule has 5 aromatic carbocycles. The lowest BCUT2D eigenvalue weighted by atomic mass is 9.84. The van der Waals surface area contributed by atoms with Gasteiger partial charge in [-0.1, -0.05) is 93.6 Å². The Bertz CT molecular complexity index is 2090. The van der Waals surface area contributed by atoms with Crippen molar-refractivity contribution in [2.75, 3.05) is 0 Å². The van der Waals surface area contributed by atoms with Crippen LogP contribution in [0.2, 0.25) is 0 Å². The number of benzene rings is 5. The number of thiazole rings is 1. The van der Waals surface area contributed by atoms with Crippen molar-refractivity contribution in [2.24, 2.45) is 4.99 Å². The fourth-order valence-electron chi connectivity index (χ4n) is 5.41. The Morgan fingerprint density at radius 1 is 0.707 bits per heavy atom. The number of fused-ring (bicyclic) bond motifs is 3. The number of hydrogen-bond donors (Lipinski definition) is 0. The summed E-state index contributed by atoms with van der Waals surface area (Å²) >= 11 is 1.74. The van der Waals surface area contributed by atoms with Gasteiger partial charge in [0.15, 0.2) is 0 Å². The van der Waals surface area contributed by atoms with Gasteiger partial charge in [0.25, 0.3) is 0 Å². The Hall–Kier alpha value is -4.67. The molecule has 0 saturated heterocycles. The second-order valence-electron chi connectivity index (χ2n) is 11.4. The zero-order valence-corrected chi connectivity index (χ0v) is 24.1. The molecule has 0 amide bonds. The maximum atomic E-state index is 5.28. The Balaban J connectivity index is 1.40. The standard InChI is InChI=1S/C37H29N3S/c1-37(2,3)27-20-32(30-16-9-13-25-22-38-19-18-29(25)30)35-34(21-27)41-36(40-35)31-15-6-7-17-33(31)39-23-26-12-8-11-24-10-4-5-14-28(24)26/h4-23H,1-3H3. The van der Waals surface area contributed by atoms with E-state index < -0.39 is 0 Å². The largest absolute Gasteiger partial charge is 0.264 e. The van der Waals surface area contributed by atoms with Crippen LogP contribution in [-0.2, 0) is 5.41 Å². The van der Waals surface area contributed by atoms with Crippen LogP contribution in [-0.4, -0.2) is 16.2 Å². The van der Waals surface area contributed by atoms with E-state index in [1.54, 1.807) is 11.3 Å². The van der Waals surface area contributed by atoms with Crippen molar-refractivity contribution in [2.45, 2.75) is 26.2 Å². The van der Waals surface area contributed by atoms with Gasteiger partial charge in [-0.25, -0.2) is 4.98 Å². The van der Waals surface area contributed by atoms with Crippen LogP contribution in [0.3, 0.4) is 0 Å². The SMILES string of the molecule is CC(C)(C)c1cc(-c2cccc3cnccc23)c2nc(-c3ccccc3N=Cc3cccc4ccccc34)sc2c1. The van der Waals surface area contributed by atoms with E-state index in [2.05, 4.69) is 123 Å². The Kier molecular flexibility index (Phi) is 6.21. The minimum atomic E-state index is -0.000108. The number of pyridine rings is 1. The van der Waals surface area contributed by atoms with Crippen LogP contribution in [0, 0.1) is 0 Å². The Labute approximate surface area is 243 Å². The molecule has 198 valence electrons. The van der Waals surface area contributed by atoms with Gasteiger partial charge in [0.1, 0.15) is 5.01 Å². The summed E-state index contributed by atoms with van der Waals surface area (Å²) in [5.74, 6) is 0. The van der Waals surface area contributed by atoms with E-state index in [1.807, 2.05) is 24.7 Å². The molecule has 0 spiro atoms. The number of aromatic nitrogens is 2. The van der Waals surface area contributed by atoms with Gasteiger partial charge in [0.2, 0.25) is 0 Å². The molecule has 2 aromatic heterocycles. The maximum Gasteiger partial charge on any atom is 0.126 e. The molecule has 0 atom stereocenters. The predicted molar refractivity (Wildman–Crippen MR) is 176 cm³/mol. The van der Waals surface area contributed by atoms with Crippen molar-refractivity contribution in [3.63, 3.8) is 0 Å². The number of aliphatic imine (C=N–C) groups is 1. The smallest absolute Gasteiger partial charge is 0.126 e. The number of rotatable bonds is 4. The highest BCUT2D eigenvalue weighted by Gasteiger charge is 2.21. The monoisotopic (exact) mass is 547 g/mol. The molecule has 41 heavy (non-hydrogen) atoms. The number of para-hydroxylation sites is 1. The molecule has 3 nitrogen and oxygen atoms in total. The van der Waals surface area contributed by atoms with Gasteiger partial charge in [-0.3, -0.25) is 9.98 Å². The van der Waals surface area contributed by atoms with Crippen molar-refractivity contribution < 1.29 is 0 Å². The van der Waals surface area contributed by atoms with Crippen LogP contribution in [0.1, 0.15) is 31.9 Å². The second-order valence-corrected chi connectivity index (χ2v) is 12.4. The van der Waals surface area contributed by atoms with E-state index in [0.717, 1.165) is 38.3 Å². The third-order valence-corrected chi connectivity index (χ3v) is 8.67. The summed E-state index contributed by atoms with van der Waals surface area (Å²) in [6, 6.07) is 36.2. The highest BCUT2D eigenvalue weighted by atomic mass is 32.1. The summed E-state index contributed by atoms with van der Waals surface area (Å²) in [4.78, 5) is 14.6. The minimum Gasteiger partial charge on any atom is -0.264 e. The zero-order chi connectivity index (χ0) is 28.0. The molecule has 0 saturated carbocycles. The summed E-state index contributed by atoms with van der Waals surface area (Å²) in [7, 11) is 0. The fourth-order valence-corrected chi connectivity index (χ4v) is 6.48. The van der Waals surface area contributed by atoms with E-state index in [4.69, 9.17) is 9.98 Å². The third-order valence-electron chi connectivity index (χ3n) is 7.63. The highest BCUT2D eigenvalue weighted by molar-refractivity contribution is 7.21. The normalized spacial score (nSPS) is 12.2. The van der Waals surface area contributed by atoms with Gasteiger partial charge in [-0.05, 0) is 63.0 Å². The van der Waals surface area contributed by atoms with Crippen molar-refractivity contribution >= 4 is 55.0 Å². The highest BCUT2D eigenvalue weighted by Crippen LogP contribution is 2.42. The van der Waals surface area contributed by atoms with Crippen LogP contribution in [0.4, 0.5) is 5.69 Å². The van der Waals surface area contributed by atoms with Crippen molar-refractivity contribution in [3.05, 3.63) is 127 Å². The van der Waals surface area contributed by atoms with Gasteiger partial charge in [0, 0.05) is 40.7 Å². The average Bonchev–Trinajstić information content (AvgIpc) is 3.43. The van der Waals surface area contributed by atoms with Gasteiger partial charge >= 0.3 is 0 Å². The molecule has 0 radical (unpaired) electrons. The molecule has 4 heteroatoms. The molecule has 0 fully saturated rings. The summed E-state index contributed by atoms with van der Waals surface area (Å²) < 4.78 is 1.18. The van der Waals surface area contributed by atoms with E-state index in [1.165, 1.54) is 32.0 Å². The number of nitrogens with zero attached hydrogens (tertiary/aromatic N) is 3. The lowest BCUT2D eigenvalue weighted by Crippen LogP contribution is -2.11. The van der Waals surface area contributed by atoms with Crippen molar-refractivity contribution in [1.82, 2.24) is 9.97 Å². The van der Waals surface area contributed by atoms with Crippen LogP contribution in [0.5, 0.6) is 0 Å². The third kappa shape index (κ3) is 4.71. The van der Waals surface area contributed by atoms with E-state index in [0.29, 0.717) is 0 Å². The summed E-state index contributed by atoms with van der Waals surface area (Å²) in [5, 5.41) is 5.69. The van der Waals surface area contributed by atoms with Crippen molar-refractivity contribution in [1.29, 1.82) is 0 Å². The van der Waals surface area contributed by atoms with Gasteiger partial charge < -0.3 is 0 Å². The molecule has 0 bridgehead atoms. The Morgan fingerprint density at radius 2 is 1.46 bits per heavy atom. The second kappa shape index (κ2) is 10.1.